The molecule has 2 nitrogen and oxygen atoms in total. The first kappa shape index (κ1) is 8.99. The number of aliphatic hydroxyl groups excluding tert-OH is 1. The summed E-state index contributed by atoms with van der Waals surface area (Å²) in [5, 5.41) is 10.2. The molecule has 0 spiro atoms. The minimum Gasteiger partial charge on any atom is -0.399 e. The zero-order valence-corrected chi connectivity index (χ0v) is 9.15. The van der Waals surface area contributed by atoms with E-state index >= 15 is 0 Å². The van der Waals surface area contributed by atoms with E-state index in [1.807, 2.05) is 18.2 Å². The summed E-state index contributed by atoms with van der Waals surface area (Å²) in [5.41, 5.74) is 6.41. The van der Waals surface area contributed by atoms with Crippen molar-refractivity contribution in [3.05, 3.63) is 27.5 Å². The molecule has 3 N–H and O–H groups in total. The van der Waals surface area contributed by atoms with Crippen molar-refractivity contribution in [2.45, 2.75) is 6.61 Å². The van der Waals surface area contributed by atoms with Crippen molar-refractivity contribution in [3.63, 3.8) is 0 Å². The lowest BCUT2D eigenvalue weighted by Crippen LogP contribution is -1.81. The van der Waals surface area contributed by atoms with Crippen LogP contribution < -0.4 is 5.73 Å². The lowest BCUT2D eigenvalue weighted by Gasteiger charge is -1.92. The molecule has 0 atom stereocenters. The highest BCUT2D eigenvalue weighted by molar-refractivity contribution is 9.10. The summed E-state index contributed by atoms with van der Waals surface area (Å²) in [6.45, 7) is 0.0693. The number of rotatable bonds is 1. The standard InChI is InChI=1S/C9H8BrNOS/c10-9-6-2-1-5(11)3-7(6)13-8(9)4-12/h1-3,12H,4,11H2. The molecule has 0 aliphatic heterocycles. The molecule has 0 bridgehead atoms. The van der Waals surface area contributed by atoms with Crippen LogP contribution in [0.4, 0.5) is 5.69 Å². The fraction of sp³-hybridized carbons (Fsp3) is 0.111. The fourth-order valence-electron chi connectivity index (χ4n) is 1.23. The number of halogens is 1. The maximum Gasteiger partial charge on any atom is 0.0786 e. The van der Waals surface area contributed by atoms with Gasteiger partial charge in [0.25, 0.3) is 0 Å². The van der Waals surface area contributed by atoms with Gasteiger partial charge < -0.3 is 10.8 Å². The molecular weight excluding hydrogens is 250 g/mol. The van der Waals surface area contributed by atoms with E-state index in [1.165, 1.54) is 0 Å². The first-order chi connectivity index (χ1) is 6.22. The summed E-state index contributed by atoms with van der Waals surface area (Å²) in [5.74, 6) is 0. The zero-order valence-electron chi connectivity index (χ0n) is 6.75. The van der Waals surface area contributed by atoms with Gasteiger partial charge >= 0.3 is 0 Å². The third kappa shape index (κ3) is 1.45. The SMILES string of the molecule is Nc1ccc2c(Br)c(CO)sc2c1. The highest BCUT2D eigenvalue weighted by Gasteiger charge is 2.08. The predicted octanol–water partition coefficient (Wildman–Crippen LogP) is 2.74. The lowest BCUT2D eigenvalue weighted by molar-refractivity contribution is 0.285. The van der Waals surface area contributed by atoms with E-state index in [-0.39, 0.29) is 6.61 Å². The second-order valence-electron chi connectivity index (χ2n) is 2.75. The Balaban J connectivity index is 2.76. The number of nitrogen functional groups attached to an aromatic ring is 1. The number of thiophene rings is 1. The Morgan fingerprint density at radius 1 is 1.46 bits per heavy atom. The minimum absolute atomic E-state index is 0.0693. The van der Waals surface area contributed by atoms with Crippen molar-refractivity contribution < 1.29 is 5.11 Å². The summed E-state index contributed by atoms with van der Waals surface area (Å²) in [4.78, 5) is 0.945. The van der Waals surface area contributed by atoms with Crippen LogP contribution in [0.5, 0.6) is 0 Å². The van der Waals surface area contributed by atoms with Crippen molar-refractivity contribution in [2.24, 2.45) is 0 Å². The minimum atomic E-state index is 0.0693. The molecule has 0 unspecified atom stereocenters. The molecule has 1 heterocycles. The van der Waals surface area contributed by atoms with Gasteiger partial charge in [-0.05, 0) is 28.1 Å². The van der Waals surface area contributed by atoms with Crippen molar-refractivity contribution in [1.82, 2.24) is 0 Å². The number of aliphatic hydroxyl groups is 1. The summed E-state index contributed by atoms with van der Waals surface area (Å²) in [7, 11) is 0. The summed E-state index contributed by atoms with van der Waals surface area (Å²) in [6.07, 6.45) is 0. The number of nitrogens with two attached hydrogens (primary N) is 1. The fourth-order valence-corrected chi connectivity index (χ4v) is 3.08. The molecule has 0 amide bonds. The maximum absolute atomic E-state index is 9.04. The van der Waals surface area contributed by atoms with Crippen molar-refractivity contribution in [3.8, 4) is 0 Å². The van der Waals surface area contributed by atoms with Gasteiger partial charge in [-0.3, -0.25) is 0 Å². The van der Waals surface area contributed by atoms with Crippen LogP contribution >= 0.6 is 27.3 Å². The number of benzene rings is 1. The maximum atomic E-state index is 9.04. The highest BCUT2D eigenvalue weighted by atomic mass is 79.9. The molecule has 0 saturated heterocycles. The van der Waals surface area contributed by atoms with Crippen molar-refractivity contribution >= 4 is 43.0 Å². The third-order valence-corrected chi connectivity index (χ3v) is 4.17. The van der Waals surface area contributed by atoms with E-state index in [9.17, 15) is 0 Å². The molecule has 1 aromatic carbocycles. The Morgan fingerprint density at radius 2 is 2.23 bits per heavy atom. The quantitative estimate of drug-likeness (QED) is 0.772. The highest BCUT2D eigenvalue weighted by Crippen LogP contribution is 2.36. The monoisotopic (exact) mass is 257 g/mol. The van der Waals surface area contributed by atoms with Gasteiger partial charge in [0.1, 0.15) is 0 Å². The van der Waals surface area contributed by atoms with Crippen LogP contribution in [-0.2, 0) is 6.61 Å². The first-order valence-electron chi connectivity index (χ1n) is 3.79. The number of hydrogen-bond acceptors (Lipinski definition) is 3. The van der Waals surface area contributed by atoms with Gasteiger partial charge in [0, 0.05) is 25.1 Å². The summed E-state index contributed by atoms with van der Waals surface area (Å²) in [6, 6.07) is 5.75. The molecule has 68 valence electrons. The largest absolute Gasteiger partial charge is 0.399 e. The predicted molar refractivity (Wildman–Crippen MR) is 59.9 cm³/mol. The molecule has 0 saturated carbocycles. The molecule has 1 aromatic heterocycles. The van der Waals surface area contributed by atoms with E-state index in [1.54, 1.807) is 11.3 Å². The molecule has 2 aromatic rings. The van der Waals surface area contributed by atoms with Crippen LogP contribution in [0.2, 0.25) is 0 Å². The Bertz CT molecular complexity index is 452. The van der Waals surface area contributed by atoms with Gasteiger partial charge in [0.2, 0.25) is 0 Å². The average molecular weight is 258 g/mol. The Labute approximate surface area is 88.1 Å². The Morgan fingerprint density at radius 3 is 2.92 bits per heavy atom. The lowest BCUT2D eigenvalue weighted by atomic mass is 10.2. The second-order valence-corrected chi connectivity index (χ2v) is 4.68. The molecule has 0 radical (unpaired) electrons. The van der Waals surface area contributed by atoms with Crippen LogP contribution in [0.1, 0.15) is 4.88 Å². The van der Waals surface area contributed by atoms with E-state index in [0.717, 1.165) is 25.1 Å². The molecule has 0 fully saturated rings. The van der Waals surface area contributed by atoms with Crippen LogP contribution in [0.25, 0.3) is 10.1 Å². The Hall–Kier alpha value is -0.580. The van der Waals surface area contributed by atoms with Crippen LogP contribution in [0.15, 0.2) is 22.7 Å². The van der Waals surface area contributed by atoms with E-state index in [0.29, 0.717) is 0 Å². The average Bonchev–Trinajstić information content (AvgIpc) is 2.42. The first-order valence-corrected chi connectivity index (χ1v) is 5.40. The van der Waals surface area contributed by atoms with Crippen LogP contribution in [0.3, 0.4) is 0 Å². The molecular formula is C9H8BrNOS. The van der Waals surface area contributed by atoms with Gasteiger partial charge in [-0.25, -0.2) is 0 Å². The summed E-state index contributed by atoms with van der Waals surface area (Å²) < 4.78 is 2.09. The van der Waals surface area contributed by atoms with Crippen molar-refractivity contribution in [2.75, 3.05) is 5.73 Å². The second kappa shape index (κ2) is 3.29. The summed E-state index contributed by atoms with van der Waals surface area (Å²) >= 11 is 5.01. The molecule has 0 aliphatic rings. The van der Waals surface area contributed by atoms with Crippen LogP contribution in [0, 0.1) is 0 Å². The van der Waals surface area contributed by atoms with E-state index in [2.05, 4.69) is 15.9 Å². The molecule has 0 aliphatic carbocycles. The molecule has 4 heteroatoms. The van der Waals surface area contributed by atoms with Gasteiger partial charge in [0.05, 0.1) is 6.61 Å². The number of anilines is 1. The van der Waals surface area contributed by atoms with E-state index < -0.39 is 0 Å². The van der Waals surface area contributed by atoms with E-state index in [4.69, 9.17) is 10.8 Å². The number of hydrogen-bond donors (Lipinski definition) is 2. The van der Waals surface area contributed by atoms with Crippen molar-refractivity contribution in [1.29, 1.82) is 0 Å². The van der Waals surface area contributed by atoms with Gasteiger partial charge in [0.15, 0.2) is 0 Å². The van der Waals surface area contributed by atoms with Gasteiger partial charge in [-0.15, -0.1) is 11.3 Å². The zero-order chi connectivity index (χ0) is 9.42. The van der Waals surface area contributed by atoms with Gasteiger partial charge in [-0.2, -0.15) is 0 Å². The molecule has 13 heavy (non-hydrogen) atoms. The smallest absolute Gasteiger partial charge is 0.0786 e. The Kier molecular flexibility index (Phi) is 2.27. The topological polar surface area (TPSA) is 46.2 Å². The van der Waals surface area contributed by atoms with Crippen LogP contribution in [-0.4, -0.2) is 5.11 Å². The van der Waals surface area contributed by atoms with Gasteiger partial charge in [-0.1, -0.05) is 6.07 Å². The third-order valence-electron chi connectivity index (χ3n) is 1.86. The molecule has 2 rings (SSSR count). The number of fused-ring (bicyclic) bond motifs is 1. The normalized spacial score (nSPS) is 10.9.